The number of aromatic nitrogens is 3. The molecule has 7 nitrogen and oxygen atoms in total. The zero-order valence-electron chi connectivity index (χ0n) is 10.1. The maximum absolute atomic E-state index is 11.0. The number of rotatable bonds is 3. The van der Waals surface area contributed by atoms with E-state index in [1.54, 1.807) is 24.4 Å². The van der Waals surface area contributed by atoms with Gasteiger partial charge in [0.2, 0.25) is 5.82 Å². The summed E-state index contributed by atoms with van der Waals surface area (Å²) in [6, 6.07) is 5.21. The van der Waals surface area contributed by atoms with Gasteiger partial charge in [0.15, 0.2) is 5.82 Å². The maximum atomic E-state index is 11.0. The van der Waals surface area contributed by atoms with Crippen molar-refractivity contribution < 1.29 is 4.92 Å². The monoisotopic (exact) mass is 247 g/mol. The molecule has 0 saturated carbocycles. The summed E-state index contributed by atoms with van der Waals surface area (Å²) in [5, 5.41) is 15.2. The standard InChI is InChI=1S/C11H13N5O2/c1-7(2)9-10(16(17)18)11(12)15(14-9)8-5-3-4-6-13-8/h3-7H,12H2,1-2H3. The van der Waals surface area contributed by atoms with E-state index >= 15 is 0 Å². The summed E-state index contributed by atoms with van der Waals surface area (Å²) in [7, 11) is 0. The smallest absolute Gasteiger partial charge is 0.334 e. The number of nitro groups is 1. The normalized spacial score (nSPS) is 10.8. The quantitative estimate of drug-likeness (QED) is 0.659. The molecule has 0 aliphatic heterocycles. The van der Waals surface area contributed by atoms with Crippen molar-refractivity contribution in [3.05, 3.63) is 40.2 Å². The minimum Gasteiger partial charge on any atom is -0.378 e. The lowest BCUT2D eigenvalue weighted by Crippen LogP contribution is -2.04. The largest absolute Gasteiger partial charge is 0.378 e. The highest BCUT2D eigenvalue weighted by Gasteiger charge is 2.28. The van der Waals surface area contributed by atoms with Crippen LogP contribution >= 0.6 is 0 Å². The van der Waals surface area contributed by atoms with E-state index in [-0.39, 0.29) is 17.4 Å². The third kappa shape index (κ3) is 1.90. The van der Waals surface area contributed by atoms with Crippen LogP contribution in [-0.4, -0.2) is 19.7 Å². The van der Waals surface area contributed by atoms with Crippen molar-refractivity contribution in [2.75, 3.05) is 5.73 Å². The molecule has 0 aromatic carbocycles. The Morgan fingerprint density at radius 3 is 2.61 bits per heavy atom. The van der Waals surface area contributed by atoms with Gasteiger partial charge in [-0.3, -0.25) is 10.1 Å². The molecular formula is C11H13N5O2. The summed E-state index contributed by atoms with van der Waals surface area (Å²) in [5.41, 5.74) is 6.01. The summed E-state index contributed by atoms with van der Waals surface area (Å²) in [6.45, 7) is 3.66. The molecule has 0 amide bonds. The van der Waals surface area contributed by atoms with E-state index in [2.05, 4.69) is 10.1 Å². The third-order valence-corrected chi connectivity index (χ3v) is 2.52. The number of anilines is 1. The second-order valence-electron chi connectivity index (χ2n) is 4.13. The van der Waals surface area contributed by atoms with Crippen molar-refractivity contribution in [1.29, 1.82) is 0 Å². The molecular weight excluding hydrogens is 234 g/mol. The third-order valence-electron chi connectivity index (χ3n) is 2.52. The lowest BCUT2D eigenvalue weighted by atomic mass is 10.1. The average Bonchev–Trinajstić information content (AvgIpc) is 2.68. The predicted molar refractivity (Wildman–Crippen MR) is 66.5 cm³/mol. The SMILES string of the molecule is CC(C)c1nn(-c2ccccn2)c(N)c1[N+](=O)[O-]. The number of pyridine rings is 1. The van der Waals surface area contributed by atoms with Crippen LogP contribution in [0.25, 0.3) is 5.82 Å². The Kier molecular flexibility index (Phi) is 2.97. The van der Waals surface area contributed by atoms with Crippen LogP contribution in [0.5, 0.6) is 0 Å². The van der Waals surface area contributed by atoms with Crippen LogP contribution in [0.15, 0.2) is 24.4 Å². The van der Waals surface area contributed by atoms with Gasteiger partial charge in [0.05, 0.1) is 4.92 Å². The van der Waals surface area contributed by atoms with Crippen molar-refractivity contribution in [3.63, 3.8) is 0 Å². The molecule has 0 bridgehead atoms. The van der Waals surface area contributed by atoms with Gasteiger partial charge >= 0.3 is 5.69 Å². The minimum atomic E-state index is -0.503. The first-order chi connectivity index (χ1) is 8.52. The number of nitrogens with two attached hydrogens (primary N) is 1. The highest BCUT2D eigenvalue weighted by molar-refractivity contribution is 5.60. The van der Waals surface area contributed by atoms with Gasteiger partial charge in [-0.25, -0.2) is 4.98 Å². The maximum Gasteiger partial charge on any atom is 0.334 e. The van der Waals surface area contributed by atoms with Crippen LogP contribution in [0.3, 0.4) is 0 Å². The Labute approximate surface area is 103 Å². The second-order valence-corrected chi connectivity index (χ2v) is 4.13. The second kappa shape index (κ2) is 4.44. The van der Waals surface area contributed by atoms with Crippen molar-refractivity contribution in [2.45, 2.75) is 19.8 Å². The van der Waals surface area contributed by atoms with Crippen molar-refractivity contribution >= 4 is 11.5 Å². The highest BCUT2D eigenvalue weighted by Crippen LogP contribution is 2.32. The molecule has 2 aromatic heterocycles. The van der Waals surface area contributed by atoms with Gasteiger partial charge in [-0.15, -0.1) is 0 Å². The molecule has 0 fully saturated rings. The number of hydrogen-bond acceptors (Lipinski definition) is 5. The fraction of sp³-hybridized carbons (Fsp3) is 0.273. The van der Waals surface area contributed by atoms with Gasteiger partial charge in [0.1, 0.15) is 5.69 Å². The molecule has 2 heterocycles. The van der Waals surface area contributed by atoms with E-state index in [0.29, 0.717) is 11.5 Å². The van der Waals surface area contributed by atoms with Gasteiger partial charge in [-0.2, -0.15) is 9.78 Å². The Hall–Kier alpha value is -2.44. The van der Waals surface area contributed by atoms with E-state index in [4.69, 9.17) is 5.73 Å². The molecule has 2 N–H and O–H groups in total. The van der Waals surface area contributed by atoms with E-state index in [9.17, 15) is 10.1 Å². The number of hydrogen-bond donors (Lipinski definition) is 1. The molecule has 2 rings (SSSR count). The Morgan fingerprint density at radius 2 is 2.17 bits per heavy atom. The molecule has 18 heavy (non-hydrogen) atoms. The van der Waals surface area contributed by atoms with Gasteiger partial charge < -0.3 is 5.73 Å². The van der Waals surface area contributed by atoms with Gasteiger partial charge in [-0.1, -0.05) is 19.9 Å². The van der Waals surface area contributed by atoms with Crippen LogP contribution in [0.4, 0.5) is 11.5 Å². The molecule has 94 valence electrons. The van der Waals surface area contributed by atoms with Crippen molar-refractivity contribution in [2.24, 2.45) is 0 Å². The van der Waals surface area contributed by atoms with Crippen LogP contribution in [0, 0.1) is 10.1 Å². The molecule has 0 spiro atoms. The molecule has 0 aliphatic rings. The van der Waals surface area contributed by atoms with E-state index in [1.807, 2.05) is 13.8 Å². The lowest BCUT2D eigenvalue weighted by molar-refractivity contribution is -0.384. The van der Waals surface area contributed by atoms with E-state index < -0.39 is 4.92 Å². The molecule has 0 unspecified atom stereocenters. The summed E-state index contributed by atoms with van der Waals surface area (Å²) >= 11 is 0. The molecule has 0 atom stereocenters. The van der Waals surface area contributed by atoms with Crippen LogP contribution in [0.1, 0.15) is 25.5 Å². The summed E-state index contributed by atoms with van der Waals surface area (Å²) in [5.74, 6) is 0.380. The Morgan fingerprint density at radius 1 is 1.44 bits per heavy atom. The van der Waals surface area contributed by atoms with Crippen molar-refractivity contribution in [1.82, 2.24) is 14.8 Å². The molecule has 2 aromatic rings. The first-order valence-electron chi connectivity index (χ1n) is 5.46. The fourth-order valence-corrected chi connectivity index (χ4v) is 1.67. The van der Waals surface area contributed by atoms with E-state index in [0.717, 1.165) is 0 Å². The molecule has 0 saturated heterocycles. The summed E-state index contributed by atoms with van der Waals surface area (Å²) in [4.78, 5) is 14.6. The van der Waals surface area contributed by atoms with Gasteiger partial charge in [-0.05, 0) is 12.1 Å². The molecule has 7 heteroatoms. The molecule has 0 radical (unpaired) electrons. The summed E-state index contributed by atoms with van der Waals surface area (Å²) in [6.07, 6.45) is 1.58. The van der Waals surface area contributed by atoms with Crippen LogP contribution < -0.4 is 5.73 Å². The number of nitrogens with zero attached hydrogens (tertiary/aromatic N) is 4. The average molecular weight is 247 g/mol. The Balaban J connectivity index is 2.64. The zero-order valence-corrected chi connectivity index (χ0v) is 10.1. The Bertz CT molecular complexity index is 577. The summed E-state index contributed by atoms with van der Waals surface area (Å²) < 4.78 is 1.30. The fourth-order valence-electron chi connectivity index (χ4n) is 1.67. The molecule has 0 aliphatic carbocycles. The van der Waals surface area contributed by atoms with Gasteiger partial charge in [0, 0.05) is 12.1 Å². The predicted octanol–water partition coefficient (Wildman–Crippen LogP) is 1.88. The van der Waals surface area contributed by atoms with Crippen LogP contribution in [0.2, 0.25) is 0 Å². The highest BCUT2D eigenvalue weighted by atomic mass is 16.6. The topological polar surface area (TPSA) is 99.9 Å². The number of nitrogen functional groups attached to an aromatic ring is 1. The minimum absolute atomic E-state index is 0.00222. The van der Waals surface area contributed by atoms with E-state index in [1.165, 1.54) is 4.68 Å². The zero-order chi connectivity index (χ0) is 13.3. The van der Waals surface area contributed by atoms with Crippen LogP contribution in [-0.2, 0) is 0 Å². The lowest BCUT2D eigenvalue weighted by Gasteiger charge is -2.00. The first kappa shape index (κ1) is 12.0. The van der Waals surface area contributed by atoms with Crippen molar-refractivity contribution in [3.8, 4) is 5.82 Å². The first-order valence-corrected chi connectivity index (χ1v) is 5.46. The van der Waals surface area contributed by atoms with Gasteiger partial charge in [0.25, 0.3) is 0 Å².